The van der Waals surface area contributed by atoms with Gasteiger partial charge in [-0.05, 0) is 67.9 Å². The van der Waals surface area contributed by atoms with Gasteiger partial charge in [0.2, 0.25) is 5.91 Å². The van der Waals surface area contributed by atoms with Crippen LogP contribution in [0, 0.1) is 25.0 Å². The van der Waals surface area contributed by atoms with Crippen LogP contribution in [0.2, 0.25) is 0 Å². The number of carbonyl (C=O) groups is 2. The molecule has 2 aromatic heterocycles. The van der Waals surface area contributed by atoms with E-state index >= 15 is 0 Å². The van der Waals surface area contributed by atoms with E-state index in [-0.39, 0.29) is 23.8 Å². The Balaban J connectivity index is 1.34. The van der Waals surface area contributed by atoms with Gasteiger partial charge in [0.05, 0.1) is 11.6 Å². The Hall–Kier alpha value is -3.68. The summed E-state index contributed by atoms with van der Waals surface area (Å²) in [5, 5.41) is 22.5. The van der Waals surface area contributed by atoms with Crippen LogP contribution in [0.25, 0.3) is 11.1 Å². The van der Waals surface area contributed by atoms with Gasteiger partial charge in [0.25, 0.3) is 5.91 Å². The largest absolute Gasteiger partial charge is 0.618 e. The highest BCUT2D eigenvalue weighted by Crippen LogP contribution is 2.35. The van der Waals surface area contributed by atoms with E-state index in [4.69, 9.17) is 0 Å². The molecular weight excluding hydrogens is 466 g/mol. The van der Waals surface area contributed by atoms with Crippen molar-refractivity contribution in [2.75, 3.05) is 5.32 Å². The second-order valence-electron chi connectivity index (χ2n) is 10.4. The summed E-state index contributed by atoms with van der Waals surface area (Å²) in [6.07, 6.45) is 11.5. The summed E-state index contributed by atoms with van der Waals surface area (Å²) >= 11 is 0. The number of rotatable bonds is 7. The lowest BCUT2D eigenvalue weighted by Crippen LogP contribution is -2.49. The predicted molar refractivity (Wildman–Crippen MR) is 142 cm³/mol. The molecule has 2 heterocycles. The zero-order chi connectivity index (χ0) is 25.9. The maximum absolute atomic E-state index is 13.6. The molecule has 0 bridgehead atoms. The van der Waals surface area contributed by atoms with Crippen LogP contribution >= 0.6 is 0 Å². The first-order valence-electron chi connectivity index (χ1n) is 13.4. The van der Waals surface area contributed by atoms with Gasteiger partial charge in [-0.2, -0.15) is 9.83 Å². The van der Waals surface area contributed by atoms with E-state index in [0.29, 0.717) is 17.1 Å². The predicted octanol–water partition coefficient (Wildman–Crippen LogP) is 4.84. The summed E-state index contributed by atoms with van der Waals surface area (Å²) in [5.74, 6) is -0.356. The highest BCUT2D eigenvalue weighted by molar-refractivity contribution is 6.00. The van der Waals surface area contributed by atoms with Crippen molar-refractivity contribution in [3.8, 4) is 11.1 Å². The number of nitrogens with one attached hydrogen (secondary N) is 2. The molecule has 0 radical (unpaired) electrons. The minimum absolute atomic E-state index is 0.0881. The van der Waals surface area contributed by atoms with Gasteiger partial charge in [-0.25, -0.2) is 0 Å². The van der Waals surface area contributed by atoms with Crippen LogP contribution in [0.15, 0.2) is 48.8 Å². The number of aromatic nitrogens is 3. The topological polar surface area (TPSA) is 103 Å². The molecule has 8 nitrogen and oxygen atoms in total. The molecule has 0 unspecified atom stereocenters. The van der Waals surface area contributed by atoms with E-state index in [9.17, 15) is 14.8 Å². The number of amides is 2. The fraction of sp³-hybridized carbons (Fsp3) is 0.448. The molecular formula is C29H35N5O3. The Morgan fingerprint density at radius 1 is 1.00 bits per heavy atom. The van der Waals surface area contributed by atoms with Crippen molar-refractivity contribution in [3.05, 3.63) is 71.0 Å². The Labute approximate surface area is 217 Å². The van der Waals surface area contributed by atoms with Crippen molar-refractivity contribution >= 4 is 17.5 Å². The van der Waals surface area contributed by atoms with Crippen LogP contribution < -0.4 is 15.4 Å². The van der Waals surface area contributed by atoms with Gasteiger partial charge in [-0.1, -0.05) is 37.8 Å². The summed E-state index contributed by atoms with van der Waals surface area (Å²) < 4.78 is 2.66. The summed E-state index contributed by atoms with van der Waals surface area (Å²) in [7, 11) is 0. The van der Waals surface area contributed by atoms with Crippen LogP contribution in [0.1, 0.15) is 79.2 Å². The first-order chi connectivity index (χ1) is 17.9. The Morgan fingerprint density at radius 2 is 1.70 bits per heavy atom. The van der Waals surface area contributed by atoms with Crippen LogP contribution in [-0.2, 0) is 4.79 Å². The van der Waals surface area contributed by atoms with Crippen molar-refractivity contribution in [3.63, 3.8) is 0 Å². The zero-order valence-electron chi connectivity index (χ0n) is 21.6. The lowest BCUT2D eigenvalue weighted by Gasteiger charge is -2.26. The highest BCUT2D eigenvalue weighted by Gasteiger charge is 2.33. The van der Waals surface area contributed by atoms with Crippen molar-refractivity contribution < 1.29 is 14.3 Å². The number of benzene rings is 1. The lowest BCUT2D eigenvalue weighted by molar-refractivity contribution is -0.611. The van der Waals surface area contributed by atoms with Gasteiger partial charge >= 0.3 is 0 Å². The molecule has 194 valence electrons. The number of nitrogens with zero attached hydrogens (tertiary/aromatic N) is 3. The van der Waals surface area contributed by atoms with E-state index in [2.05, 4.69) is 15.7 Å². The molecule has 0 spiro atoms. The van der Waals surface area contributed by atoms with Gasteiger partial charge in [0, 0.05) is 24.9 Å². The second-order valence-corrected chi connectivity index (χ2v) is 10.4. The van der Waals surface area contributed by atoms with Gasteiger partial charge in [-0.3, -0.25) is 14.3 Å². The van der Waals surface area contributed by atoms with E-state index in [1.807, 2.05) is 31.2 Å². The number of hydrogen-bond acceptors (Lipinski definition) is 4. The molecule has 3 aromatic rings. The van der Waals surface area contributed by atoms with Crippen LogP contribution in [0.4, 0.5) is 5.69 Å². The normalized spacial score (nSPS) is 17.1. The van der Waals surface area contributed by atoms with E-state index in [1.165, 1.54) is 6.20 Å². The molecule has 2 amide bonds. The van der Waals surface area contributed by atoms with Crippen molar-refractivity contribution in [1.29, 1.82) is 0 Å². The summed E-state index contributed by atoms with van der Waals surface area (Å²) in [4.78, 5) is 26.8. The van der Waals surface area contributed by atoms with Crippen molar-refractivity contribution in [1.82, 2.24) is 15.1 Å². The molecule has 0 aliphatic heterocycles. The second kappa shape index (κ2) is 10.7. The SMILES string of the molecule is Cc1cc[n+]([O-])c(C)c1-c1ccc(NC(=O)[C@@H](NC(=O)c2ccnn2C2CC2)C2CCCCCC2)cc1. The fourth-order valence-electron chi connectivity index (χ4n) is 5.51. The third kappa shape index (κ3) is 5.53. The number of anilines is 1. The number of aryl methyl sites for hydroxylation is 1. The van der Waals surface area contributed by atoms with Crippen molar-refractivity contribution in [2.45, 2.75) is 77.3 Å². The molecule has 2 saturated carbocycles. The molecule has 8 heteroatoms. The quantitative estimate of drug-likeness (QED) is 0.275. The molecule has 2 fully saturated rings. The monoisotopic (exact) mass is 501 g/mol. The Kier molecular flexibility index (Phi) is 7.26. The number of carbonyl (C=O) groups excluding carboxylic acids is 2. The van der Waals surface area contributed by atoms with Crippen LogP contribution in [0.3, 0.4) is 0 Å². The fourth-order valence-corrected chi connectivity index (χ4v) is 5.51. The molecule has 2 aliphatic carbocycles. The zero-order valence-corrected chi connectivity index (χ0v) is 21.6. The smallest absolute Gasteiger partial charge is 0.270 e. The third-order valence-electron chi connectivity index (χ3n) is 7.72. The summed E-state index contributed by atoms with van der Waals surface area (Å²) in [5.41, 5.74) is 4.64. The van der Waals surface area contributed by atoms with E-state index in [0.717, 1.165) is 72.8 Å². The Morgan fingerprint density at radius 3 is 2.38 bits per heavy atom. The maximum atomic E-state index is 13.6. The maximum Gasteiger partial charge on any atom is 0.270 e. The molecule has 1 atom stereocenters. The Bertz CT molecular complexity index is 1270. The third-order valence-corrected chi connectivity index (χ3v) is 7.72. The van der Waals surface area contributed by atoms with Gasteiger partial charge < -0.3 is 15.8 Å². The summed E-state index contributed by atoms with van der Waals surface area (Å²) in [6, 6.07) is 10.7. The number of hydrogen-bond donors (Lipinski definition) is 2. The van der Waals surface area contributed by atoms with Crippen molar-refractivity contribution in [2.24, 2.45) is 5.92 Å². The minimum Gasteiger partial charge on any atom is -0.618 e. The standard InChI is InChI=1S/C29H35N5O3/c1-19-16-18-33(37)20(2)26(19)21-9-11-23(12-10-21)31-29(36)27(22-7-5-3-4-6-8-22)32-28(35)25-15-17-30-34(25)24-13-14-24/h9-12,15-18,22,24,27H,3-8,13-14H2,1-2H3,(H,31,36)(H,32,35)/t27-/m0/s1. The van der Waals surface area contributed by atoms with Gasteiger partial charge in [-0.15, -0.1) is 0 Å². The summed E-state index contributed by atoms with van der Waals surface area (Å²) in [6.45, 7) is 3.79. The molecule has 2 N–H and O–H groups in total. The molecule has 5 rings (SSSR count). The molecule has 0 saturated heterocycles. The molecule has 37 heavy (non-hydrogen) atoms. The number of pyridine rings is 1. The average Bonchev–Trinajstić information content (AvgIpc) is 3.68. The molecule has 2 aliphatic rings. The lowest BCUT2D eigenvalue weighted by atomic mass is 9.91. The minimum atomic E-state index is -0.620. The van der Waals surface area contributed by atoms with E-state index < -0.39 is 6.04 Å². The first kappa shape index (κ1) is 25.0. The van der Waals surface area contributed by atoms with Gasteiger partial charge in [0.1, 0.15) is 11.7 Å². The van der Waals surface area contributed by atoms with E-state index in [1.54, 1.807) is 29.9 Å². The van der Waals surface area contributed by atoms with Crippen LogP contribution in [0.5, 0.6) is 0 Å². The average molecular weight is 502 g/mol. The highest BCUT2D eigenvalue weighted by atomic mass is 16.5. The van der Waals surface area contributed by atoms with Crippen LogP contribution in [-0.4, -0.2) is 27.6 Å². The van der Waals surface area contributed by atoms with Gasteiger partial charge in [0.15, 0.2) is 11.9 Å². The molecule has 1 aromatic carbocycles. The first-order valence-corrected chi connectivity index (χ1v) is 13.4.